The van der Waals surface area contributed by atoms with E-state index in [0.717, 1.165) is 0 Å². The van der Waals surface area contributed by atoms with Gasteiger partial charge in [-0.1, -0.05) is 17.7 Å². The number of nitrogens with zero attached hydrogens (tertiary/aromatic N) is 2. The van der Waals surface area contributed by atoms with Crippen molar-refractivity contribution in [1.82, 2.24) is 0 Å². The molecule has 0 unspecified atom stereocenters. The fourth-order valence-corrected chi connectivity index (χ4v) is 1.19. The number of rotatable bonds is 3. The Morgan fingerprint density at radius 2 is 2.36 bits per heavy atom. The highest BCUT2D eigenvalue weighted by Crippen LogP contribution is 2.22. The minimum Gasteiger partial charge on any atom is -0.411 e. The average molecular weight is 215 g/mol. The fraction of sp³-hybridized carbons (Fsp3) is 0.125. The van der Waals surface area contributed by atoms with Crippen molar-refractivity contribution < 1.29 is 10.1 Å². The van der Waals surface area contributed by atoms with E-state index in [1.54, 1.807) is 6.07 Å². The predicted molar refractivity (Wildman–Crippen MR) is 52.1 cm³/mol. The Balaban J connectivity index is 3.08. The first-order chi connectivity index (χ1) is 6.65. The Labute approximate surface area is 84.8 Å². The van der Waals surface area contributed by atoms with Crippen molar-refractivity contribution in [3.8, 4) is 0 Å². The van der Waals surface area contributed by atoms with Crippen molar-refractivity contribution in [2.24, 2.45) is 5.16 Å². The summed E-state index contributed by atoms with van der Waals surface area (Å²) in [5, 5.41) is 21.8. The van der Waals surface area contributed by atoms with Crippen molar-refractivity contribution in [1.29, 1.82) is 0 Å². The highest BCUT2D eigenvalue weighted by molar-refractivity contribution is 6.30. The second kappa shape index (κ2) is 4.57. The molecule has 0 saturated carbocycles. The van der Waals surface area contributed by atoms with Crippen LogP contribution in [0.2, 0.25) is 5.02 Å². The van der Waals surface area contributed by atoms with Crippen LogP contribution in [-0.2, 0) is 6.42 Å². The summed E-state index contributed by atoms with van der Waals surface area (Å²) in [6, 6.07) is 4.35. The standard InChI is InChI=1S/C8H7ClN2O3/c9-7-2-1-6(3-4-10-12)8(5-7)11(13)14/h1-2,4-5,12H,3H2/b10-4+. The lowest BCUT2D eigenvalue weighted by molar-refractivity contribution is -0.385. The second-order valence-electron chi connectivity index (χ2n) is 2.53. The number of benzene rings is 1. The molecule has 14 heavy (non-hydrogen) atoms. The first-order valence-corrected chi connectivity index (χ1v) is 4.11. The van der Waals surface area contributed by atoms with Crippen LogP contribution in [0.3, 0.4) is 0 Å². The molecular weight excluding hydrogens is 208 g/mol. The Bertz CT molecular complexity index is 379. The topological polar surface area (TPSA) is 75.7 Å². The summed E-state index contributed by atoms with van der Waals surface area (Å²) in [6.45, 7) is 0. The van der Waals surface area contributed by atoms with Crippen LogP contribution in [0, 0.1) is 10.1 Å². The zero-order chi connectivity index (χ0) is 10.6. The summed E-state index contributed by atoms with van der Waals surface area (Å²) in [6.07, 6.45) is 1.38. The van der Waals surface area contributed by atoms with E-state index in [1.807, 2.05) is 0 Å². The van der Waals surface area contributed by atoms with Gasteiger partial charge in [0.25, 0.3) is 5.69 Å². The first-order valence-electron chi connectivity index (χ1n) is 3.74. The van der Waals surface area contributed by atoms with Gasteiger partial charge in [0.1, 0.15) is 0 Å². The van der Waals surface area contributed by atoms with E-state index in [1.165, 1.54) is 18.3 Å². The molecule has 0 saturated heterocycles. The Morgan fingerprint density at radius 3 is 2.93 bits per heavy atom. The van der Waals surface area contributed by atoms with E-state index in [0.29, 0.717) is 10.6 Å². The maximum absolute atomic E-state index is 10.6. The lowest BCUT2D eigenvalue weighted by Gasteiger charge is -1.99. The van der Waals surface area contributed by atoms with Gasteiger partial charge in [0.15, 0.2) is 0 Å². The zero-order valence-electron chi connectivity index (χ0n) is 7.05. The molecule has 0 heterocycles. The molecule has 1 N–H and O–H groups in total. The quantitative estimate of drug-likeness (QED) is 0.363. The molecule has 0 bridgehead atoms. The molecule has 1 aromatic rings. The van der Waals surface area contributed by atoms with E-state index >= 15 is 0 Å². The molecular formula is C8H7ClN2O3. The number of halogens is 1. The van der Waals surface area contributed by atoms with Crippen molar-refractivity contribution in [2.45, 2.75) is 6.42 Å². The maximum atomic E-state index is 10.6. The van der Waals surface area contributed by atoms with Gasteiger partial charge in [-0.2, -0.15) is 0 Å². The molecule has 6 heteroatoms. The molecule has 0 fully saturated rings. The predicted octanol–water partition coefficient (Wildman–Crippen LogP) is 2.25. The molecule has 0 aromatic heterocycles. The summed E-state index contributed by atoms with van der Waals surface area (Å²) in [5.41, 5.74) is 0.384. The van der Waals surface area contributed by atoms with Gasteiger partial charge in [-0.05, 0) is 6.07 Å². The minimum absolute atomic E-state index is 0.0719. The van der Waals surface area contributed by atoms with Crippen molar-refractivity contribution >= 4 is 23.5 Å². The molecule has 0 spiro atoms. The zero-order valence-corrected chi connectivity index (χ0v) is 7.81. The number of nitro groups is 1. The maximum Gasteiger partial charge on any atom is 0.274 e. The monoisotopic (exact) mass is 214 g/mol. The van der Waals surface area contributed by atoms with Crippen LogP contribution in [0.15, 0.2) is 23.4 Å². The van der Waals surface area contributed by atoms with Gasteiger partial charge in [0.05, 0.1) is 4.92 Å². The molecule has 0 aliphatic rings. The van der Waals surface area contributed by atoms with Gasteiger partial charge < -0.3 is 5.21 Å². The molecule has 0 aliphatic heterocycles. The smallest absolute Gasteiger partial charge is 0.274 e. The molecule has 0 aliphatic carbocycles. The van der Waals surface area contributed by atoms with Gasteiger partial charge in [-0.3, -0.25) is 10.1 Å². The minimum atomic E-state index is -0.521. The SMILES string of the molecule is O=[N+]([O-])c1cc(Cl)ccc1C/C=N/O. The highest BCUT2D eigenvalue weighted by atomic mass is 35.5. The van der Waals surface area contributed by atoms with Gasteiger partial charge in [-0.25, -0.2) is 0 Å². The normalized spacial score (nSPS) is 10.6. The lowest BCUT2D eigenvalue weighted by atomic mass is 10.1. The number of hydrogen-bond acceptors (Lipinski definition) is 4. The molecule has 0 radical (unpaired) electrons. The number of hydrogen-bond donors (Lipinski definition) is 1. The van der Waals surface area contributed by atoms with Crippen LogP contribution in [0.5, 0.6) is 0 Å². The third kappa shape index (κ3) is 2.43. The van der Waals surface area contributed by atoms with Crippen molar-refractivity contribution in [2.75, 3.05) is 0 Å². The van der Waals surface area contributed by atoms with Gasteiger partial charge in [0.2, 0.25) is 0 Å². The molecule has 5 nitrogen and oxygen atoms in total. The Kier molecular flexibility index (Phi) is 3.41. The van der Waals surface area contributed by atoms with Gasteiger partial charge in [0, 0.05) is 29.3 Å². The first kappa shape index (κ1) is 10.5. The third-order valence-corrected chi connectivity index (χ3v) is 1.87. The fourth-order valence-electron chi connectivity index (χ4n) is 1.02. The largest absolute Gasteiger partial charge is 0.411 e. The number of nitro benzene ring substituents is 1. The van der Waals surface area contributed by atoms with E-state index in [-0.39, 0.29) is 12.1 Å². The highest BCUT2D eigenvalue weighted by Gasteiger charge is 2.12. The molecule has 74 valence electrons. The van der Waals surface area contributed by atoms with Crippen molar-refractivity contribution in [3.05, 3.63) is 38.9 Å². The summed E-state index contributed by atoms with van der Waals surface area (Å²) in [4.78, 5) is 10.1. The molecule has 0 amide bonds. The van der Waals surface area contributed by atoms with Crippen LogP contribution in [0.25, 0.3) is 0 Å². The van der Waals surface area contributed by atoms with E-state index < -0.39 is 4.92 Å². The van der Waals surface area contributed by atoms with Crippen LogP contribution < -0.4 is 0 Å². The third-order valence-electron chi connectivity index (χ3n) is 1.64. The molecule has 0 atom stereocenters. The molecule has 1 aromatic carbocycles. The van der Waals surface area contributed by atoms with Crippen LogP contribution in [0.4, 0.5) is 5.69 Å². The Hall–Kier alpha value is -1.62. The van der Waals surface area contributed by atoms with Gasteiger partial charge >= 0.3 is 0 Å². The molecule has 1 rings (SSSR count). The number of oxime groups is 1. The van der Waals surface area contributed by atoms with Crippen LogP contribution in [-0.4, -0.2) is 16.3 Å². The second-order valence-corrected chi connectivity index (χ2v) is 2.97. The van der Waals surface area contributed by atoms with Crippen molar-refractivity contribution in [3.63, 3.8) is 0 Å². The summed E-state index contributed by atoms with van der Waals surface area (Å²) >= 11 is 5.61. The average Bonchev–Trinajstić information content (AvgIpc) is 2.15. The van der Waals surface area contributed by atoms with E-state index in [9.17, 15) is 10.1 Å². The van der Waals surface area contributed by atoms with E-state index in [4.69, 9.17) is 16.8 Å². The summed E-state index contributed by atoms with van der Waals surface area (Å²) < 4.78 is 0. The summed E-state index contributed by atoms with van der Waals surface area (Å²) in [7, 11) is 0. The Morgan fingerprint density at radius 1 is 1.64 bits per heavy atom. The van der Waals surface area contributed by atoms with Gasteiger partial charge in [-0.15, -0.1) is 5.16 Å². The summed E-state index contributed by atoms with van der Waals surface area (Å²) in [5.74, 6) is 0. The van der Waals surface area contributed by atoms with Crippen LogP contribution in [0.1, 0.15) is 5.56 Å². The lowest BCUT2D eigenvalue weighted by Crippen LogP contribution is -1.96. The van der Waals surface area contributed by atoms with E-state index in [2.05, 4.69) is 5.16 Å². The van der Waals surface area contributed by atoms with Crippen LogP contribution >= 0.6 is 11.6 Å².